The van der Waals surface area contributed by atoms with Crippen LogP contribution >= 0.6 is 23.1 Å². The van der Waals surface area contributed by atoms with Gasteiger partial charge in [-0.2, -0.15) is 0 Å². The minimum atomic E-state index is 0.713. The topological polar surface area (TPSA) is 63.6 Å². The van der Waals surface area contributed by atoms with E-state index in [0.717, 1.165) is 26.7 Å². The van der Waals surface area contributed by atoms with Crippen LogP contribution in [0.3, 0.4) is 0 Å². The third-order valence-corrected chi connectivity index (χ3v) is 3.96. The normalized spacial score (nSPS) is 10.5. The number of nitrogens with one attached hydrogen (secondary N) is 1. The first kappa shape index (κ1) is 12.3. The molecule has 0 atom stereocenters. The predicted molar refractivity (Wildman–Crippen MR) is 70.5 cm³/mol. The summed E-state index contributed by atoms with van der Waals surface area (Å²) in [5.74, 6) is 2.37. The number of thioether (sulfide) groups is 1. The lowest BCUT2D eigenvalue weighted by Crippen LogP contribution is -2.00. The van der Waals surface area contributed by atoms with Crippen molar-refractivity contribution >= 4 is 28.9 Å². The van der Waals surface area contributed by atoms with Gasteiger partial charge in [0.2, 0.25) is 0 Å². The molecule has 5 nitrogen and oxygen atoms in total. The van der Waals surface area contributed by atoms with E-state index in [4.69, 9.17) is 0 Å². The lowest BCUT2D eigenvalue weighted by atomic mass is 10.4. The molecule has 0 bridgehead atoms. The fourth-order valence-corrected chi connectivity index (χ4v) is 2.96. The second-order valence-electron chi connectivity index (χ2n) is 3.44. The first-order valence-corrected chi connectivity index (χ1v) is 6.93. The maximum atomic E-state index is 4.39. The van der Waals surface area contributed by atoms with Gasteiger partial charge in [-0.05, 0) is 13.8 Å². The van der Waals surface area contributed by atoms with Crippen molar-refractivity contribution in [2.24, 2.45) is 0 Å². The molecule has 7 heteroatoms. The van der Waals surface area contributed by atoms with Crippen LogP contribution in [0.25, 0.3) is 0 Å². The molecule has 0 fully saturated rings. The fraction of sp³-hybridized carbons (Fsp3) is 0.400. The molecule has 1 N–H and O–H groups in total. The molecule has 0 aliphatic rings. The number of rotatable bonds is 4. The van der Waals surface area contributed by atoms with Crippen LogP contribution in [0.4, 0.5) is 5.82 Å². The van der Waals surface area contributed by atoms with E-state index in [2.05, 4.69) is 25.5 Å². The van der Waals surface area contributed by atoms with Crippen LogP contribution < -0.4 is 5.32 Å². The van der Waals surface area contributed by atoms with Crippen molar-refractivity contribution in [2.45, 2.75) is 23.9 Å². The van der Waals surface area contributed by atoms with E-state index in [1.807, 2.05) is 27.0 Å². The number of hydrogen-bond acceptors (Lipinski definition) is 7. The predicted octanol–water partition coefficient (Wildman–Crippen LogP) is 2.28. The quantitative estimate of drug-likeness (QED) is 0.857. The Balaban J connectivity index is 2.05. The van der Waals surface area contributed by atoms with Crippen LogP contribution in [0.15, 0.2) is 10.4 Å². The van der Waals surface area contributed by atoms with Gasteiger partial charge in [0.05, 0.1) is 5.75 Å². The van der Waals surface area contributed by atoms with E-state index in [9.17, 15) is 0 Å². The van der Waals surface area contributed by atoms with Gasteiger partial charge in [-0.3, -0.25) is 0 Å². The summed E-state index contributed by atoms with van der Waals surface area (Å²) in [6, 6.07) is 1.92. The van der Waals surface area contributed by atoms with Gasteiger partial charge in [0.1, 0.15) is 16.6 Å². The highest BCUT2D eigenvalue weighted by Crippen LogP contribution is 2.24. The van der Waals surface area contributed by atoms with Gasteiger partial charge in [0, 0.05) is 18.8 Å². The summed E-state index contributed by atoms with van der Waals surface area (Å²) < 4.78 is 0.957. The smallest absolute Gasteiger partial charge is 0.174 e. The van der Waals surface area contributed by atoms with Crippen molar-refractivity contribution in [2.75, 3.05) is 12.4 Å². The zero-order valence-electron chi connectivity index (χ0n) is 9.89. The second kappa shape index (κ2) is 5.42. The number of aromatic nitrogens is 4. The average molecular weight is 267 g/mol. The van der Waals surface area contributed by atoms with Crippen molar-refractivity contribution in [3.05, 3.63) is 22.6 Å². The first-order chi connectivity index (χ1) is 8.17. The Labute approximate surface area is 108 Å². The van der Waals surface area contributed by atoms with Crippen molar-refractivity contribution in [3.8, 4) is 0 Å². The first-order valence-electron chi connectivity index (χ1n) is 5.12. The van der Waals surface area contributed by atoms with Gasteiger partial charge >= 0.3 is 0 Å². The molecule has 17 heavy (non-hydrogen) atoms. The highest BCUT2D eigenvalue weighted by atomic mass is 32.2. The van der Waals surface area contributed by atoms with Crippen molar-refractivity contribution in [1.82, 2.24) is 20.2 Å². The summed E-state index contributed by atoms with van der Waals surface area (Å²) >= 11 is 3.21. The van der Waals surface area contributed by atoms with Crippen molar-refractivity contribution in [1.29, 1.82) is 0 Å². The van der Waals surface area contributed by atoms with Gasteiger partial charge < -0.3 is 5.32 Å². The second-order valence-corrected chi connectivity index (χ2v) is 5.84. The van der Waals surface area contributed by atoms with Crippen LogP contribution in [0.5, 0.6) is 0 Å². The van der Waals surface area contributed by atoms with Gasteiger partial charge in [-0.25, -0.2) is 9.97 Å². The zero-order valence-corrected chi connectivity index (χ0v) is 11.5. The highest BCUT2D eigenvalue weighted by Gasteiger charge is 2.05. The van der Waals surface area contributed by atoms with E-state index >= 15 is 0 Å². The molecule has 2 aromatic rings. The van der Waals surface area contributed by atoms with Crippen LogP contribution in [0.2, 0.25) is 0 Å². The number of hydrogen-bond donors (Lipinski definition) is 1. The molecular weight excluding hydrogens is 254 g/mol. The van der Waals surface area contributed by atoms with Crippen LogP contribution in [0.1, 0.15) is 16.5 Å². The Morgan fingerprint density at radius 3 is 2.76 bits per heavy atom. The molecule has 2 heterocycles. The minimum Gasteiger partial charge on any atom is -0.373 e. The molecule has 2 rings (SSSR count). The van der Waals surface area contributed by atoms with Crippen molar-refractivity contribution in [3.63, 3.8) is 0 Å². The Morgan fingerprint density at radius 1 is 1.29 bits per heavy atom. The monoisotopic (exact) mass is 267 g/mol. The third kappa shape index (κ3) is 3.37. The Morgan fingerprint density at radius 2 is 2.12 bits per heavy atom. The summed E-state index contributed by atoms with van der Waals surface area (Å²) in [5, 5.41) is 12.0. The van der Waals surface area contributed by atoms with E-state index < -0.39 is 0 Å². The van der Waals surface area contributed by atoms with Crippen LogP contribution in [-0.4, -0.2) is 27.2 Å². The highest BCUT2D eigenvalue weighted by molar-refractivity contribution is 8.00. The Bertz CT molecular complexity index is 511. The molecule has 0 radical (unpaired) electrons. The van der Waals surface area contributed by atoms with Crippen molar-refractivity contribution < 1.29 is 0 Å². The van der Waals surface area contributed by atoms with Crippen LogP contribution in [0, 0.1) is 13.8 Å². The maximum absolute atomic E-state index is 4.39. The average Bonchev–Trinajstić information content (AvgIpc) is 2.72. The molecule has 0 amide bonds. The molecule has 90 valence electrons. The molecule has 0 aromatic carbocycles. The fourth-order valence-electron chi connectivity index (χ4n) is 1.29. The zero-order chi connectivity index (χ0) is 12.3. The molecule has 0 saturated heterocycles. The SMILES string of the molecule is CNc1cc(C)nc(CSc2nnc(C)s2)n1. The minimum absolute atomic E-state index is 0.713. The van der Waals surface area contributed by atoms with Crippen LogP contribution in [-0.2, 0) is 5.75 Å². The Hall–Kier alpha value is -1.21. The molecule has 0 unspecified atom stereocenters. The standard InChI is InChI=1S/C10H13N5S2/c1-6-4-8(11-3)13-9(12-6)5-16-10-15-14-7(2)17-10/h4H,5H2,1-3H3,(H,11,12,13). The van der Waals surface area contributed by atoms with Gasteiger partial charge in [0.15, 0.2) is 4.34 Å². The Kier molecular flexibility index (Phi) is 3.90. The number of aryl methyl sites for hydroxylation is 2. The molecule has 2 aromatic heterocycles. The summed E-state index contributed by atoms with van der Waals surface area (Å²) in [6.07, 6.45) is 0. The van der Waals surface area contributed by atoms with E-state index in [1.165, 1.54) is 0 Å². The summed E-state index contributed by atoms with van der Waals surface area (Å²) in [6.45, 7) is 3.91. The molecule has 0 saturated carbocycles. The third-order valence-electron chi connectivity index (χ3n) is 1.99. The molecule has 0 aliphatic carbocycles. The number of nitrogens with zero attached hydrogens (tertiary/aromatic N) is 4. The van der Waals surface area contributed by atoms with Gasteiger partial charge in [0.25, 0.3) is 0 Å². The molecule has 0 spiro atoms. The molecule has 0 aliphatic heterocycles. The summed E-state index contributed by atoms with van der Waals surface area (Å²) in [4.78, 5) is 8.78. The lowest BCUT2D eigenvalue weighted by Gasteiger charge is -2.03. The van der Waals surface area contributed by atoms with E-state index in [0.29, 0.717) is 5.75 Å². The summed E-state index contributed by atoms with van der Waals surface area (Å²) in [5.41, 5.74) is 0.966. The largest absolute Gasteiger partial charge is 0.373 e. The van der Waals surface area contributed by atoms with E-state index in [-0.39, 0.29) is 0 Å². The van der Waals surface area contributed by atoms with Gasteiger partial charge in [-0.15, -0.1) is 10.2 Å². The lowest BCUT2D eigenvalue weighted by molar-refractivity contribution is 0.973. The number of anilines is 1. The summed E-state index contributed by atoms with van der Waals surface area (Å²) in [7, 11) is 1.85. The van der Waals surface area contributed by atoms with E-state index in [1.54, 1.807) is 23.1 Å². The molecular formula is C10H13N5S2. The van der Waals surface area contributed by atoms with Gasteiger partial charge in [-0.1, -0.05) is 23.1 Å². The maximum Gasteiger partial charge on any atom is 0.174 e.